The number of likely N-dealkylation sites (N-methyl/N-ethyl adjacent to an activating group) is 1. The summed E-state index contributed by atoms with van der Waals surface area (Å²) in [4.78, 5) is 20.9. The van der Waals surface area contributed by atoms with Crippen molar-refractivity contribution in [3.8, 4) is 10.6 Å². The fourth-order valence-electron chi connectivity index (χ4n) is 3.04. The molecule has 1 saturated heterocycles. The quantitative estimate of drug-likeness (QED) is 0.903. The van der Waals surface area contributed by atoms with E-state index in [1.807, 2.05) is 12.1 Å². The molecule has 2 aromatic rings. The minimum absolute atomic E-state index is 0.325. The summed E-state index contributed by atoms with van der Waals surface area (Å²) in [5, 5.41) is 9.98. The highest BCUT2D eigenvalue weighted by atomic mass is 32.1. The third kappa shape index (κ3) is 3.83. The molecule has 128 valence electrons. The number of nitrogens with zero attached hydrogens (tertiary/aromatic N) is 3. The van der Waals surface area contributed by atoms with Gasteiger partial charge in [0.05, 0.1) is 5.69 Å². The molecule has 0 atom stereocenters. The van der Waals surface area contributed by atoms with Crippen LogP contribution in [-0.4, -0.2) is 58.6 Å². The van der Waals surface area contributed by atoms with E-state index < -0.39 is 5.97 Å². The molecule has 6 heteroatoms. The molecule has 1 aromatic carbocycles. The van der Waals surface area contributed by atoms with Crippen molar-refractivity contribution in [2.75, 3.05) is 32.7 Å². The molecule has 3 rings (SSSR count). The smallest absolute Gasteiger partial charge is 0.347 e. The molecule has 1 aliphatic heterocycles. The first-order chi connectivity index (χ1) is 11.6. The van der Waals surface area contributed by atoms with Gasteiger partial charge in [0.15, 0.2) is 0 Å². The number of aryl methyl sites for hydroxylation is 1. The van der Waals surface area contributed by atoms with Gasteiger partial charge in [-0.1, -0.05) is 25.1 Å². The van der Waals surface area contributed by atoms with Gasteiger partial charge in [-0.2, -0.15) is 0 Å². The Morgan fingerprint density at radius 3 is 2.58 bits per heavy atom. The SMILES string of the molecule is CCN1CCN(Cc2cccc(-c3nc(C)c(C(=O)O)s3)c2)CC1. The van der Waals surface area contributed by atoms with Gasteiger partial charge in [-0.3, -0.25) is 4.90 Å². The Balaban J connectivity index is 1.73. The maximum atomic E-state index is 11.2. The van der Waals surface area contributed by atoms with Crippen LogP contribution in [0.4, 0.5) is 0 Å². The molecular weight excluding hydrogens is 322 g/mol. The van der Waals surface area contributed by atoms with E-state index in [1.165, 1.54) is 16.9 Å². The van der Waals surface area contributed by atoms with Gasteiger partial charge in [-0.15, -0.1) is 11.3 Å². The highest BCUT2D eigenvalue weighted by molar-refractivity contribution is 7.17. The Bertz CT molecular complexity index is 721. The largest absolute Gasteiger partial charge is 0.477 e. The van der Waals surface area contributed by atoms with E-state index in [1.54, 1.807) is 6.92 Å². The fourth-order valence-corrected chi connectivity index (χ4v) is 3.94. The van der Waals surface area contributed by atoms with Crippen LogP contribution in [0, 0.1) is 6.92 Å². The number of carboxylic acids is 1. The van der Waals surface area contributed by atoms with Crippen molar-refractivity contribution in [3.63, 3.8) is 0 Å². The average Bonchev–Trinajstić information content (AvgIpc) is 2.98. The highest BCUT2D eigenvalue weighted by Crippen LogP contribution is 2.28. The van der Waals surface area contributed by atoms with Crippen molar-refractivity contribution in [1.82, 2.24) is 14.8 Å². The number of hydrogen-bond donors (Lipinski definition) is 1. The standard InChI is InChI=1S/C18H23N3O2S/c1-3-20-7-9-21(10-8-20)12-14-5-4-6-15(11-14)17-19-13(2)16(24-17)18(22)23/h4-6,11H,3,7-10,12H2,1-2H3,(H,22,23). The predicted octanol–water partition coefficient (Wildman–Crippen LogP) is 2.95. The second-order valence-corrected chi connectivity index (χ2v) is 7.15. The zero-order valence-corrected chi connectivity index (χ0v) is 15.0. The molecule has 0 aliphatic carbocycles. The lowest BCUT2D eigenvalue weighted by Gasteiger charge is -2.34. The van der Waals surface area contributed by atoms with Crippen molar-refractivity contribution in [3.05, 3.63) is 40.4 Å². The molecule has 1 aliphatic rings. The second-order valence-electron chi connectivity index (χ2n) is 6.15. The molecule has 0 unspecified atom stereocenters. The summed E-state index contributed by atoms with van der Waals surface area (Å²) in [7, 11) is 0. The zero-order chi connectivity index (χ0) is 17.1. The molecule has 0 spiro atoms. The molecule has 1 aromatic heterocycles. The molecule has 5 nitrogen and oxygen atoms in total. The summed E-state index contributed by atoms with van der Waals surface area (Å²) in [5.41, 5.74) is 2.84. The fraction of sp³-hybridized carbons (Fsp3) is 0.444. The third-order valence-electron chi connectivity index (χ3n) is 4.48. The van der Waals surface area contributed by atoms with Crippen LogP contribution in [0.2, 0.25) is 0 Å². The molecule has 2 heterocycles. The van der Waals surface area contributed by atoms with Gasteiger partial charge in [0.25, 0.3) is 0 Å². The Morgan fingerprint density at radius 2 is 1.96 bits per heavy atom. The summed E-state index contributed by atoms with van der Waals surface area (Å²) < 4.78 is 0. The Morgan fingerprint density at radius 1 is 1.25 bits per heavy atom. The first-order valence-corrected chi connectivity index (χ1v) is 9.13. The van der Waals surface area contributed by atoms with Gasteiger partial charge in [-0.25, -0.2) is 9.78 Å². The Hall–Kier alpha value is -1.76. The van der Waals surface area contributed by atoms with Crippen molar-refractivity contribution < 1.29 is 9.90 Å². The minimum Gasteiger partial charge on any atom is -0.477 e. The zero-order valence-electron chi connectivity index (χ0n) is 14.2. The number of benzene rings is 1. The van der Waals surface area contributed by atoms with E-state index in [2.05, 4.69) is 33.8 Å². The van der Waals surface area contributed by atoms with Crippen molar-refractivity contribution in [1.29, 1.82) is 0 Å². The van der Waals surface area contributed by atoms with Crippen molar-refractivity contribution in [2.45, 2.75) is 20.4 Å². The van der Waals surface area contributed by atoms with Gasteiger partial charge in [0, 0.05) is 38.3 Å². The molecular formula is C18H23N3O2S. The number of carboxylic acid groups (broad SMARTS) is 1. The molecule has 0 bridgehead atoms. The summed E-state index contributed by atoms with van der Waals surface area (Å²) >= 11 is 1.25. The molecule has 0 amide bonds. The number of hydrogen-bond acceptors (Lipinski definition) is 5. The monoisotopic (exact) mass is 345 g/mol. The van der Waals surface area contributed by atoms with Gasteiger partial charge in [-0.05, 0) is 25.1 Å². The number of thiazole rings is 1. The van der Waals surface area contributed by atoms with Crippen LogP contribution >= 0.6 is 11.3 Å². The minimum atomic E-state index is -0.902. The van der Waals surface area contributed by atoms with E-state index in [0.717, 1.165) is 49.8 Å². The Labute approximate surface area is 146 Å². The predicted molar refractivity (Wildman–Crippen MR) is 96.6 cm³/mol. The summed E-state index contributed by atoms with van der Waals surface area (Å²) in [6, 6.07) is 8.30. The third-order valence-corrected chi connectivity index (χ3v) is 5.68. The van der Waals surface area contributed by atoms with Crippen molar-refractivity contribution >= 4 is 17.3 Å². The number of aromatic carboxylic acids is 1. The maximum Gasteiger partial charge on any atom is 0.347 e. The van der Waals surface area contributed by atoms with Gasteiger partial charge >= 0.3 is 5.97 Å². The first-order valence-electron chi connectivity index (χ1n) is 8.31. The van der Waals surface area contributed by atoms with E-state index in [-0.39, 0.29) is 0 Å². The molecule has 0 saturated carbocycles. The normalized spacial score (nSPS) is 16.4. The highest BCUT2D eigenvalue weighted by Gasteiger charge is 2.17. The van der Waals surface area contributed by atoms with Crippen LogP contribution < -0.4 is 0 Å². The number of carbonyl (C=O) groups is 1. The number of rotatable bonds is 5. The van der Waals surface area contributed by atoms with Crippen LogP contribution in [0.25, 0.3) is 10.6 Å². The molecule has 24 heavy (non-hydrogen) atoms. The average molecular weight is 345 g/mol. The second kappa shape index (κ2) is 7.42. The lowest BCUT2D eigenvalue weighted by molar-refractivity contribution is 0.0701. The lowest BCUT2D eigenvalue weighted by Crippen LogP contribution is -2.45. The summed E-state index contributed by atoms with van der Waals surface area (Å²) in [6.07, 6.45) is 0. The van der Waals surface area contributed by atoms with E-state index in [0.29, 0.717) is 10.6 Å². The number of aromatic nitrogens is 1. The van der Waals surface area contributed by atoms with E-state index in [4.69, 9.17) is 0 Å². The first kappa shape index (κ1) is 17.1. The van der Waals surface area contributed by atoms with Gasteiger partial charge in [0.1, 0.15) is 9.88 Å². The van der Waals surface area contributed by atoms with Gasteiger partial charge < -0.3 is 10.0 Å². The topological polar surface area (TPSA) is 56.7 Å². The summed E-state index contributed by atoms with van der Waals surface area (Å²) in [6.45, 7) is 10.5. The van der Waals surface area contributed by atoms with Crippen LogP contribution in [0.15, 0.2) is 24.3 Å². The maximum absolute atomic E-state index is 11.2. The lowest BCUT2D eigenvalue weighted by atomic mass is 10.1. The van der Waals surface area contributed by atoms with Gasteiger partial charge in [0.2, 0.25) is 0 Å². The number of piperazine rings is 1. The molecule has 0 radical (unpaired) electrons. The molecule has 1 N–H and O–H groups in total. The van der Waals surface area contributed by atoms with Crippen LogP contribution in [0.1, 0.15) is 27.9 Å². The van der Waals surface area contributed by atoms with Crippen LogP contribution in [0.3, 0.4) is 0 Å². The van der Waals surface area contributed by atoms with Crippen LogP contribution in [-0.2, 0) is 6.54 Å². The van der Waals surface area contributed by atoms with Crippen LogP contribution in [0.5, 0.6) is 0 Å². The van der Waals surface area contributed by atoms with Crippen molar-refractivity contribution in [2.24, 2.45) is 0 Å². The van der Waals surface area contributed by atoms with E-state index >= 15 is 0 Å². The summed E-state index contributed by atoms with van der Waals surface area (Å²) in [5.74, 6) is -0.902. The van der Waals surface area contributed by atoms with E-state index in [9.17, 15) is 9.90 Å². The Kier molecular flexibility index (Phi) is 5.28. The molecule has 1 fully saturated rings.